The van der Waals surface area contributed by atoms with Crippen LogP contribution < -0.4 is 4.74 Å². The van der Waals surface area contributed by atoms with E-state index in [9.17, 15) is 5.11 Å². The second-order valence-corrected chi connectivity index (χ2v) is 7.24. The van der Waals surface area contributed by atoms with Crippen LogP contribution in [-0.2, 0) is 0 Å². The van der Waals surface area contributed by atoms with E-state index < -0.39 is 6.10 Å². The van der Waals surface area contributed by atoms with E-state index in [0.29, 0.717) is 10.9 Å². The summed E-state index contributed by atoms with van der Waals surface area (Å²) in [6.07, 6.45) is -0.620. The highest BCUT2D eigenvalue weighted by molar-refractivity contribution is 7.99. The summed E-state index contributed by atoms with van der Waals surface area (Å²) in [4.78, 5) is 0. The van der Waals surface area contributed by atoms with Gasteiger partial charge in [0.25, 0.3) is 0 Å². The van der Waals surface area contributed by atoms with E-state index in [1.54, 1.807) is 4.68 Å². The minimum absolute atomic E-state index is 0.223. The normalized spacial score (nSPS) is 12.2. The molecule has 6 nitrogen and oxygen atoms in total. The molecule has 26 heavy (non-hydrogen) atoms. The molecule has 7 heteroatoms. The molecular formula is C19H22N4O2S. The van der Waals surface area contributed by atoms with E-state index in [0.717, 1.165) is 17.0 Å². The van der Waals surface area contributed by atoms with Crippen molar-refractivity contribution in [3.63, 3.8) is 0 Å². The molecule has 3 rings (SSSR count). The van der Waals surface area contributed by atoms with Gasteiger partial charge in [0, 0.05) is 5.75 Å². The van der Waals surface area contributed by atoms with Crippen molar-refractivity contribution in [2.75, 3.05) is 12.4 Å². The molecule has 0 aliphatic carbocycles. The fourth-order valence-corrected chi connectivity index (χ4v) is 3.30. The van der Waals surface area contributed by atoms with Crippen LogP contribution in [0.3, 0.4) is 0 Å². The van der Waals surface area contributed by atoms with E-state index in [-0.39, 0.29) is 6.61 Å². The number of rotatable bonds is 7. The summed E-state index contributed by atoms with van der Waals surface area (Å²) in [5.41, 5.74) is 4.40. The Bertz CT molecular complexity index is 864. The maximum absolute atomic E-state index is 10.2. The molecule has 1 heterocycles. The average Bonchev–Trinajstić information content (AvgIpc) is 3.08. The van der Waals surface area contributed by atoms with Crippen LogP contribution in [0.1, 0.15) is 16.7 Å². The minimum atomic E-state index is -0.620. The molecule has 2 aromatic carbocycles. The number of nitrogens with zero attached hydrogens (tertiary/aromatic N) is 4. The van der Waals surface area contributed by atoms with Gasteiger partial charge in [0.15, 0.2) is 0 Å². The molecule has 1 unspecified atom stereocenters. The van der Waals surface area contributed by atoms with Gasteiger partial charge in [0.1, 0.15) is 12.4 Å². The maximum Gasteiger partial charge on any atom is 0.214 e. The molecule has 0 aliphatic rings. The Morgan fingerprint density at radius 2 is 1.81 bits per heavy atom. The molecule has 0 spiro atoms. The summed E-state index contributed by atoms with van der Waals surface area (Å²) < 4.78 is 7.32. The molecule has 3 aromatic rings. The predicted octanol–water partition coefficient (Wildman–Crippen LogP) is 3.12. The highest BCUT2D eigenvalue weighted by Gasteiger charge is 2.14. The quantitative estimate of drug-likeness (QED) is 0.644. The van der Waals surface area contributed by atoms with Crippen LogP contribution in [0.2, 0.25) is 0 Å². The van der Waals surface area contributed by atoms with E-state index in [1.807, 2.05) is 50.2 Å². The summed E-state index contributed by atoms with van der Waals surface area (Å²) in [7, 11) is 0. The van der Waals surface area contributed by atoms with Crippen molar-refractivity contribution in [1.82, 2.24) is 20.2 Å². The summed E-state index contributed by atoms with van der Waals surface area (Å²) in [5.74, 6) is 1.19. The van der Waals surface area contributed by atoms with Crippen LogP contribution in [0.25, 0.3) is 5.69 Å². The van der Waals surface area contributed by atoms with Crippen LogP contribution >= 0.6 is 11.8 Å². The lowest BCUT2D eigenvalue weighted by atomic mass is 10.1. The second kappa shape index (κ2) is 8.33. The lowest BCUT2D eigenvalue weighted by Gasteiger charge is -2.12. The first-order chi connectivity index (χ1) is 12.5. The molecule has 0 amide bonds. The third-order valence-electron chi connectivity index (χ3n) is 3.89. The molecule has 0 bridgehead atoms. The Kier molecular flexibility index (Phi) is 5.90. The molecule has 136 valence electrons. The van der Waals surface area contributed by atoms with Crippen LogP contribution in [0.15, 0.2) is 47.6 Å². The Labute approximate surface area is 157 Å². The Balaban J connectivity index is 1.58. The van der Waals surface area contributed by atoms with Crippen molar-refractivity contribution in [2.24, 2.45) is 0 Å². The fraction of sp³-hybridized carbons (Fsp3) is 0.316. The summed E-state index contributed by atoms with van der Waals surface area (Å²) in [5, 5.41) is 22.8. The number of benzene rings is 2. The molecule has 0 radical (unpaired) electrons. The van der Waals surface area contributed by atoms with Crippen molar-refractivity contribution in [1.29, 1.82) is 0 Å². The molecular weight excluding hydrogens is 348 g/mol. The Morgan fingerprint density at radius 1 is 1.08 bits per heavy atom. The van der Waals surface area contributed by atoms with Gasteiger partial charge in [0.2, 0.25) is 5.16 Å². The topological polar surface area (TPSA) is 73.1 Å². The first kappa shape index (κ1) is 18.4. The lowest BCUT2D eigenvalue weighted by Crippen LogP contribution is -2.20. The largest absolute Gasteiger partial charge is 0.491 e. The number of tetrazole rings is 1. The Morgan fingerprint density at radius 3 is 2.54 bits per heavy atom. The van der Waals surface area contributed by atoms with Crippen LogP contribution in [0.5, 0.6) is 5.75 Å². The van der Waals surface area contributed by atoms with Gasteiger partial charge in [0.05, 0.1) is 11.8 Å². The zero-order valence-corrected chi connectivity index (χ0v) is 15.9. The number of hydrogen-bond acceptors (Lipinski definition) is 6. The van der Waals surface area contributed by atoms with Gasteiger partial charge in [-0.1, -0.05) is 47.2 Å². The lowest BCUT2D eigenvalue weighted by molar-refractivity contribution is 0.126. The van der Waals surface area contributed by atoms with Crippen LogP contribution in [-0.4, -0.2) is 43.8 Å². The second-order valence-electron chi connectivity index (χ2n) is 6.25. The number of aliphatic hydroxyl groups excluding tert-OH is 1. The van der Waals surface area contributed by atoms with Crippen molar-refractivity contribution in [2.45, 2.75) is 32.0 Å². The number of aryl methyl sites for hydroxylation is 3. The van der Waals surface area contributed by atoms with E-state index in [2.05, 4.69) is 28.5 Å². The van der Waals surface area contributed by atoms with Crippen molar-refractivity contribution >= 4 is 11.8 Å². The van der Waals surface area contributed by atoms with Gasteiger partial charge < -0.3 is 9.84 Å². The molecule has 0 aliphatic heterocycles. The summed E-state index contributed by atoms with van der Waals surface area (Å²) in [6, 6.07) is 13.9. The third-order valence-corrected chi connectivity index (χ3v) is 4.95. The molecule has 1 N–H and O–H groups in total. The zero-order valence-electron chi connectivity index (χ0n) is 15.1. The van der Waals surface area contributed by atoms with Gasteiger partial charge >= 0.3 is 0 Å². The molecule has 1 atom stereocenters. The number of ether oxygens (including phenoxy) is 1. The number of hydrogen-bond donors (Lipinski definition) is 1. The van der Waals surface area contributed by atoms with Gasteiger partial charge in [-0.15, -0.1) is 5.10 Å². The standard InChI is InChI=1S/C19H22N4O2S/c1-13-4-7-17(8-5-13)25-11-16(24)12-26-19-20-21-22-23(19)18-9-6-14(2)10-15(18)3/h4-10,16,24H,11-12H2,1-3H3. The average molecular weight is 370 g/mol. The van der Waals surface area contributed by atoms with Crippen molar-refractivity contribution in [3.05, 3.63) is 59.2 Å². The van der Waals surface area contributed by atoms with E-state index >= 15 is 0 Å². The number of aliphatic hydroxyl groups is 1. The number of thioether (sulfide) groups is 1. The van der Waals surface area contributed by atoms with Crippen LogP contribution in [0, 0.1) is 20.8 Å². The first-order valence-corrected chi connectivity index (χ1v) is 9.38. The van der Waals surface area contributed by atoms with Crippen molar-refractivity contribution < 1.29 is 9.84 Å². The Hall–Kier alpha value is -2.38. The highest BCUT2D eigenvalue weighted by Crippen LogP contribution is 2.22. The first-order valence-electron chi connectivity index (χ1n) is 8.39. The zero-order chi connectivity index (χ0) is 18.5. The van der Waals surface area contributed by atoms with Gasteiger partial charge in [-0.25, -0.2) is 0 Å². The minimum Gasteiger partial charge on any atom is -0.491 e. The fourth-order valence-electron chi connectivity index (χ4n) is 2.51. The third kappa shape index (κ3) is 4.62. The predicted molar refractivity (Wildman–Crippen MR) is 102 cm³/mol. The van der Waals surface area contributed by atoms with Gasteiger partial charge in [-0.3, -0.25) is 0 Å². The van der Waals surface area contributed by atoms with Crippen LogP contribution in [0.4, 0.5) is 0 Å². The molecule has 0 saturated carbocycles. The number of aromatic nitrogens is 4. The molecule has 0 saturated heterocycles. The monoisotopic (exact) mass is 370 g/mol. The summed E-state index contributed by atoms with van der Waals surface area (Å²) >= 11 is 1.40. The smallest absolute Gasteiger partial charge is 0.214 e. The van der Waals surface area contributed by atoms with E-state index in [1.165, 1.54) is 22.9 Å². The SMILES string of the molecule is Cc1ccc(OCC(O)CSc2nnnn2-c2ccc(C)cc2C)cc1. The maximum atomic E-state index is 10.2. The van der Waals surface area contributed by atoms with Gasteiger partial charge in [-0.2, -0.15) is 4.68 Å². The van der Waals surface area contributed by atoms with E-state index in [4.69, 9.17) is 4.74 Å². The van der Waals surface area contributed by atoms with Crippen molar-refractivity contribution in [3.8, 4) is 11.4 Å². The molecule has 0 fully saturated rings. The highest BCUT2D eigenvalue weighted by atomic mass is 32.2. The van der Waals surface area contributed by atoms with Gasteiger partial charge in [-0.05, 0) is 55.0 Å². The summed E-state index contributed by atoms with van der Waals surface area (Å²) in [6.45, 7) is 6.33. The molecule has 1 aromatic heterocycles.